The molecule has 0 aliphatic heterocycles. The Kier molecular flexibility index (Phi) is 8.18. The van der Waals surface area contributed by atoms with E-state index >= 15 is 0 Å². The molecule has 29 heavy (non-hydrogen) atoms. The Bertz CT molecular complexity index is 881. The first-order valence-corrected chi connectivity index (χ1v) is 8.83. The summed E-state index contributed by atoms with van der Waals surface area (Å²) in [4.78, 5) is 34.6. The maximum Gasteiger partial charge on any atom is 0.329 e. The average Bonchev–Trinajstić information content (AvgIpc) is 2.74. The van der Waals surface area contributed by atoms with Gasteiger partial charge < -0.3 is 20.1 Å². The zero-order valence-corrected chi connectivity index (χ0v) is 16.1. The van der Waals surface area contributed by atoms with Crippen LogP contribution in [0, 0.1) is 0 Å². The van der Waals surface area contributed by atoms with Gasteiger partial charge >= 0.3 is 11.8 Å². The van der Waals surface area contributed by atoms with Gasteiger partial charge in [0.05, 0.1) is 12.8 Å². The van der Waals surface area contributed by atoms with E-state index in [4.69, 9.17) is 9.47 Å². The van der Waals surface area contributed by atoms with E-state index in [2.05, 4.69) is 21.2 Å². The van der Waals surface area contributed by atoms with E-state index in [1.165, 1.54) is 13.3 Å². The monoisotopic (exact) mass is 398 g/mol. The molecule has 3 amide bonds. The van der Waals surface area contributed by atoms with Gasteiger partial charge in [0.2, 0.25) is 0 Å². The maximum absolute atomic E-state index is 12.1. The number of carbonyl (C=O) groups excluding carboxylic acids is 3. The molecule has 0 aromatic heterocycles. The number of nitrogens with zero attached hydrogens (tertiary/aromatic N) is 1. The lowest BCUT2D eigenvalue weighted by Gasteiger charge is -2.10. The van der Waals surface area contributed by atoms with Crippen LogP contribution in [-0.2, 0) is 14.4 Å². The predicted octanol–water partition coefficient (Wildman–Crippen LogP) is 1.30. The molecule has 3 N–H and O–H groups in total. The summed E-state index contributed by atoms with van der Waals surface area (Å²) in [7, 11) is 1.34. The highest BCUT2D eigenvalue weighted by Gasteiger charge is 2.10. The average molecular weight is 398 g/mol. The number of hydrogen-bond donors (Lipinski definition) is 3. The van der Waals surface area contributed by atoms with Crippen molar-refractivity contribution >= 4 is 29.6 Å². The number of nitrogens with one attached hydrogen (secondary N) is 3. The molecule has 0 bridgehead atoms. The summed E-state index contributed by atoms with van der Waals surface area (Å²) in [6.07, 6.45) is 1.32. The van der Waals surface area contributed by atoms with Gasteiger partial charge in [-0.3, -0.25) is 14.4 Å². The second-order valence-corrected chi connectivity index (χ2v) is 5.61. The van der Waals surface area contributed by atoms with Crippen molar-refractivity contribution in [2.45, 2.75) is 6.92 Å². The molecule has 2 aromatic rings. The topological polar surface area (TPSA) is 118 Å². The number of para-hydroxylation sites is 1. The standard InChI is InChI=1S/C20H22N4O5/c1-3-28-16-10-8-15(9-11-16)23-18(25)13-29-17-7-5-4-6-14(17)12-22-24-20(27)19(26)21-2/h4-12H,3,13H2,1-2H3,(H,21,26)(H,23,25)(H,24,27)/b22-12-. The molecule has 0 heterocycles. The highest BCUT2D eigenvalue weighted by molar-refractivity contribution is 6.35. The fraction of sp³-hybridized carbons (Fsp3) is 0.200. The van der Waals surface area contributed by atoms with E-state index in [0.29, 0.717) is 23.6 Å². The summed E-state index contributed by atoms with van der Waals surface area (Å²) < 4.78 is 10.9. The Hall–Kier alpha value is -3.88. The van der Waals surface area contributed by atoms with Crippen molar-refractivity contribution in [3.8, 4) is 11.5 Å². The van der Waals surface area contributed by atoms with Crippen LogP contribution >= 0.6 is 0 Å². The normalized spacial score (nSPS) is 10.3. The van der Waals surface area contributed by atoms with Crippen molar-refractivity contribution in [2.75, 3.05) is 25.6 Å². The molecule has 152 valence electrons. The Morgan fingerprint density at radius 2 is 1.72 bits per heavy atom. The first-order valence-electron chi connectivity index (χ1n) is 8.83. The summed E-state index contributed by atoms with van der Waals surface area (Å²) in [5.74, 6) is -0.922. The SMILES string of the molecule is CCOc1ccc(NC(=O)COc2ccccc2/C=N\NC(=O)C(=O)NC)cc1. The zero-order chi connectivity index (χ0) is 21.1. The molecule has 0 saturated heterocycles. The fourth-order valence-electron chi connectivity index (χ4n) is 2.18. The van der Waals surface area contributed by atoms with Gasteiger partial charge in [0.25, 0.3) is 5.91 Å². The predicted molar refractivity (Wildman–Crippen MR) is 108 cm³/mol. The third-order valence-electron chi connectivity index (χ3n) is 3.53. The summed E-state index contributed by atoms with van der Waals surface area (Å²) in [6.45, 7) is 2.24. The van der Waals surface area contributed by atoms with Gasteiger partial charge in [0, 0.05) is 18.3 Å². The van der Waals surface area contributed by atoms with Crippen molar-refractivity contribution in [1.29, 1.82) is 0 Å². The van der Waals surface area contributed by atoms with Gasteiger partial charge in [-0.1, -0.05) is 12.1 Å². The summed E-state index contributed by atoms with van der Waals surface area (Å²) >= 11 is 0. The second-order valence-electron chi connectivity index (χ2n) is 5.61. The molecule has 0 radical (unpaired) electrons. The van der Waals surface area contributed by atoms with Gasteiger partial charge in [-0.05, 0) is 43.3 Å². The van der Waals surface area contributed by atoms with Gasteiger partial charge in [-0.2, -0.15) is 5.10 Å². The van der Waals surface area contributed by atoms with Crippen molar-refractivity contribution in [3.05, 3.63) is 54.1 Å². The van der Waals surface area contributed by atoms with Crippen molar-refractivity contribution in [1.82, 2.24) is 10.7 Å². The Morgan fingerprint density at radius 1 is 1.00 bits per heavy atom. The number of rotatable bonds is 8. The smallest absolute Gasteiger partial charge is 0.329 e. The highest BCUT2D eigenvalue weighted by atomic mass is 16.5. The van der Waals surface area contributed by atoms with E-state index in [1.807, 2.05) is 6.92 Å². The molecule has 9 nitrogen and oxygen atoms in total. The largest absolute Gasteiger partial charge is 0.494 e. The van der Waals surface area contributed by atoms with Crippen LogP contribution < -0.4 is 25.5 Å². The molecule has 0 fully saturated rings. The number of ether oxygens (including phenoxy) is 2. The number of hydrazone groups is 1. The van der Waals surface area contributed by atoms with Crippen LogP contribution in [0.4, 0.5) is 5.69 Å². The zero-order valence-electron chi connectivity index (χ0n) is 16.1. The minimum Gasteiger partial charge on any atom is -0.494 e. The van der Waals surface area contributed by atoms with Crippen LogP contribution in [0.25, 0.3) is 0 Å². The number of likely N-dealkylation sites (N-methyl/N-ethyl adjacent to an activating group) is 1. The van der Waals surface area contributed by atoms with Gasteiger partial charge in [-0.25, -0.2) is 5.43 Å². The van der Waals surface area contributed by atoms with E-state index in [-0.39, 0.29) is 12.5 Å². The van der Waals surface area contributed by atoms with Crippen molar-refractivity contribution in [2.24, 2.45) is 5.10 Å². The van der Waals surface area contributed by atoms with Gasteiger partial charge in [-0.15, -0.1) is 0 Å². The van der Waals surface area contributed by atoms with E-state index in [9.17, 15) is 14.4 Å². The molecule has 0 unspecified atom stereocenters. The van der Waals surface area contributed by atoms with Crippen LogP contribution in [-0.4, -0.2) is 44.2 Å². The van der Waals surface area contributed by atoms with Crippen LogP contribution in [0.3, 0.4) is 0 Å². The molecular formula is C20H22N4O5. The highest BCUT2D eigenvalue weighted by Crippen LogP contribution is 2.17. The van der Waals surface area contributed by atoms with Crippen LogP contribution in [0.2, 0.25) is 0 Å². The molecule has 0 saturated carbocycles. The lowest BCUT2D eigenvalue weighted by atomic mass is 10.2. The van der Waals surface area contributed by atoms with Gasteiger partial charge in [0.15, 0.2) is 6.61 Å². The second kappa shape index (κ2) is 11.1. The van der Waals surface area contributed by atoms with Crippen molar-refractivity contribution < 1.29 is 23.9 Å². The quantitative estimate of drug-likeness (QED) is 0.352. The molecule has 0 aliphatic carbocycles. The molecule has 2 aromatic carbocycles. The van der Waals surface area contributed by atoms with E-state index < -0.39 is 11.8 Å². The van der Waals surface area contributed by atoms with Crippen LogP contribution in [0.5, 0.6) is 11.5 Å². The molecule has 9 heteroatoms. The van der Waals surface area contributed by atoms with Crippen LogP contribution in [0.1, 0.15) is 12.5 Å². The third kappa shape index (κ3) is 6.98. The molecular weight excluding hydrogens is 376 g/mol. The lowest BCUT2D eigenvalue weighted by Crippen LogP contribution is -2.35. The van der Waals surface area contributed by atoms with Gasteiger partial charge in [0.1, 0.15) is 11.5 Å². The molecule has 0 spiro atoms. The summed E-state index contributed by atoms with van der Waals surface area (Å²) in [6, 6.07) is 13.8. The number of hydrogen-bond acceptors (Lipinski definition) is 6. The van der Waals surface area contributed by atoms with Crippen molar-refractivity contribution in [3.63, 3.8) is 0 Å². The number of anilines is 1. The lowest BCUT2D eigenvalue weighted by molar-refractivity contribution is -0.138. The minimum atomic E-state index is -0.892. The number of carbonyl (C=O) groups is 3. The Morgan fingerprint density at radius 3 is 2.41 bits per heavy atom. The van der Waals surface area contributed by atoms with E-state index in [0.717, 1.165) is 5.75 Å². The summed E-state index contributed by atoms with van der Waals surface area (Å²) in [5.41, 5.74) is 3.24. The summed E-state index contributed by atoms with van der Waals surface area (Å²) in [5, 5.41) is 8.62. The van der Waals surface area contributed by atoms with E-state index in [1.54, 1.807) is 48.5 Å². The molecule has 0 aliphatic rings. The maximum atomic E-state index is 12.1. The van der Waals surface area contributed by atoms with Crippen LogP contribution in [0.15, 0.2) is 53.6 Å². The molecule has 2 rings (SSSR count). The number of benzene rings is 2. The third-order valence-corrected chi connectivity index (χ3v) is 3.53. The first-order chi connectivity index (χ1) is 14.0. The Balaban J connectivity index is 1.90. The first kappa shape index (κ1) is 21.4. The fourth-order valence-corrected chi connectivity index (χ4v) is 2.18. The number of amides is 3. The molecule has 0 atom stereocenters. The minimum absolute atomic E-state index is 0.220. The Labute approximate surface area is 168 Å².